The molecule has 6 nitrogen and oxygen atoms in total. The minimum atomic E-state index is -0.309. The van der Waals surface area contributed by atoms with Gasteiger partial charge in [-0.15, -0.1) is 0 Å². The highest BCUT2D eigenvalue weighted by Gasteiger charge is 2.33. The Balaban J connectivity index is 1.57. The van der Waals surface area contributed by atoms with Gasteiger partial charge in [0, 0.05) is 35.1 Å². The number of aromatic hydroxyl groups is 1. The number of nitrogens with zero attached hydrogens (tertiary/aromatic N) is 2. The number of pyridine rings is 1. The molecule has 0 saturated heterocycles. The van der Waals surface area contributed by atoms with Crippen molar-refractivity contribution in [1.82, 2.24) is 9.88 Å². The van der Waals surface area contributed by atoms with Gasteiger partial charge < -0.3 is 20.4 Å². The fourth-order valence-corrected chi connectivity index (χ4v) is 5.40. The molecule has 0 aliphatic heterocycles. The molecule has 0 radical (unpaired) electrons. The van der Waals surface area contributed by atoms with Gasteiger partial charge in [-0.25, -0.2) is 0 Å². The number of hydrogen-bond donors (Lipinski definition) is 3. The lowest BCUT2D eigenvalue weighted by Crippen LogP contribution is -2.36. The SMILES string of the molecule is CN(C)[C@H]1CC[C@H](Nc2c(C(=O)C3CC3)cnc3ccc(-c4cc(Cl)c(O)c(CO)c4)cc23)CC1. The maximum absolute atomic E-state index is 13.2. The number of anilines is 1. The molecule has 1 heterocycles. The number of Topliss-reactive ketones (excluding diaryl/α,β-unsaturated/α-hetero) is 1. The number of hydrogen-bond acceptors (Lipinski definition) is 6. The molecular weight excluding hydrogens is 462 g/mol. The second-order valence-electron chi connectivity index (χ2n) is 10.2. The third-order valence-corrected chi connectivity index (χ3v) is 7.79. The van der Waals surface area contributed by atoms with Crippen LogP contribution in [0.3, 0.4) is 0 Å². The normalized spacial score (nSPS) is 20.4. The molecule has 7 heteroatoms. The number of carbonyl (C=O) groups is 1. The number of benzene rings is 2. The van der Waals surface area contributed by atoms with E-state index in [9.17, 15) is 15.0 Å². The van der Waals surface area contributed by atoms with Crippen LogP contribution in [-0.2, 0) is 6.61 Å². The first kappa shape index (κ1) is 24.0. The van der Waals surface area contributed by atoms with Crippen LogP contribution in [0.4, 0.5) is 5.69 Å². The van der Waals surface area contributed by atoms with Gasteiger partial charge in [0.15, 0.2) is 5.78 Å². The Morgan fingerprint density at radius 1 is 1.09 bits per heavy atom. The molecule has 2 aliphatic carbocycles. The quantitative estimate of drug-likeness (QED) is 0.370. The minimum Gasteiger partial charge on any atom is -0.506 e. The van der Waals surface area contributed by atoms with Crippen molar-refractivity contribution in [3.63, 3.8) is 0 Å². The summed E-state index contributed by atoms with van der Waals surface area (Å²) in [6.07, 6.45) is 7.98. The van der Waals surface area contributed by atoms with Gasteiger partial charge in [-0.1, -0.05) is 17.7 Å². The van der Waals surface area contributed by atoms with Gasteiger partial charge in [-0.05, 0) is 88.0 Å². The summed E-state index contributed by atoms with van der Waals surface area (Å²) in [7, 11) is 4.28. The lowest BCUT2D eigenvalue weighted by atomic mass is 9.89. The van der Waals surface area contributed by atoms with Crippen molar-refractivity contribution < 1.29 is 15.0 Å². The van der Waals surface area contributed by atoms with Crippen LogP contribution in [0.1, 0.15) is 54.4 Å². The number of rotatable bonds is 7. The van der Waals surface area contributed by atoms with Gasteiger partial charge in [0.1, 0.15) is 5.75 Å². The Morgan fingerprint density at radius 2 is 1.83 bits per heavy atom. The smallest absolute Gasteiger partial charge is 0.169 e. The molecule has 0 amide bonds. The lowest BCUT2D eigenvalue weighted by Gasteiger charge is -2.34. The van der Waals surface area contributed by atoms with Gasteiger partial charge in [0.25, 0.3) is 0 Å². The Hall–Kier alpha value is -2.67. The van der Waals surface area contributed by atoms with Crippen LogP contribution < -0.4 is 5.32 Å². The van der Waals surface area contributed by atoms with E-state index < -0.39 is 0 Å². The third kappa shape index (κ3) is 4.88. The Kier molecular flexibility index (Phi) is 6.71. The average Bonchev–Trinajstić information content (AvgIpc) is 3.71. The molecule has 2 saturated carbocycles. The molecule has 1 aromatic heterocycles. The number of fused-ring (bicyclic) bond motifs is 1. The van der Waals surface area contributed by atoms with Crippen LogP contribution >= 0.6 is 11.6 Å². The Bertz CT molecular complexity index is 1260. The molecule has 35 heavy (non-hydrogen) atoms. The number of aliphatic hydroxyl groups is 1. The molecule has 5 rings (SSSR count). The maximum atomic E-state index is 13.2. The van der Waals surface area contributed by atoms with Gasteiger partial charge in [-0.3, -0.25) is 9.78 Å². The third-order valence-electron chi connectivity index (χ3n) is 7.50. The van der Waals surface area contributed by atoms with Crippen LogP contribution in [0, 0.1) is 5.92 Å². The van der Waals surface area contributed by atoms with Crippen molar-refractivity contribution in [3.8, 4) is 16.9 Å². The topological polar surface area (TPSA) is 85.7 Å². The molecule has 0 atom stereocenters. The number of carbonyl (C=O) groups excluding carboxylic acids is 1. The first-order valence-electron chi connectivity index (χ1n) is 12.4. The summed E-state index contributed by atoms with van der Waals surface area (Å²) >= 11 is 6.23. The van der Waals surface area contributed by atoms with Crippen molar-refractivity contribution in [1.29, 1.82) is 0 Å². The molecule has 3 N–H and O–H groups in total. The Labute approximate surface area is 210 Å². The monoisotopic (exact) mass is 493 g/mol. The van der Waals surface area contributed by atoms with Crippen LogP contribution in [0.2, 0.25) is 5.02 Å². The van der Waals surface area contributed by atoms with Crippen molar-refractivity contribution >= 4 is 34.0 Å². The summed E-state index contributed by atoms with van der Waals surface area (Å²) < 4.78 is 0. The van der Waals surface area contributed by atoms with E-state index in [1.54, 1.807) is 18.3 Å². The molecule has 2 aromatic carbocycles. The predicted molar refractivity (Wildman–Crippen MR) is 140 cm³/mol. The highest BCUT2D eigenvalue weighted by Crippen LogP contribution is 2.40. The largest absolute Gasteiger partial charge is 0.506 e. The molecule has 0 spiro atoms. The second kappa shape index (κ2) is 9.76. The first-order valence-corrected chi connectivity index (χ1v) is 12.8. The summed E-state index contributed by atoms with van der Waals surface area (Å²) in [6, 6.07) is 10.3. The van der Waals surface area contributed by atoms with E-state index in [-0.39, 0.29) is 29.1 Å². The molecule has 0 unspecified atom stereocenters. The van der Waals surface area contributed by atoms with Crippen molar-refractivity contribution in [3.05, 3.63) is 52.7 Å². The van der Waals surface area contributed by atoms with Gasteiger partial charge in [0.05, 0.1) is 28.4 Å². The summed E-state index contributed by atoms with van der Waals surface area (Å²) in [5, 5.41) is 24.6. The maximum Gasteiger partial charge on any atom is 0.169 e. The van der Waals surface area contributed by atoms with Crippen LogP contribution in [0.15, 0.2) is 36.5 Å². The van der Waals surface area contributed by atoms with Crippen LogP contribution in [0.25, 0.3) is 22.0 Å². The van der Waals surface area contributed by atoms with E-state index in [1.807, 2.05) is 18.2 Å². The van der Waals surface area contributed by atoms with E-state index in [4.69, 9.17) is 11.6 Å². The zero-order chi connectivity index (χ0) is 24.7. The highest BCUT2D eigenvalue weighted by molar-refractivity contribution is 6.32. The fraction of sp³-hybridized carbons (Fsp3) is 0.429. The minimum absolute atomic E-state index is 0.102. The molecule has 2 fully saturated rings. The number of halogens is 1. The number of aromatic nitrogens is 1. The summed E-state index contributed by atoms with van der Waals surface area (Å²) in [5.41, 5.74) is 4.40. The Morgan fingerprint density at radius 3 is 2.49 bits per heavy atom. The first-order chi connectivity index (χ1) is 16.9. The number of nitrogens with one attached hydrogen (secondary N) is 1. The second-order valence-corrected chi connectivity index (χ2v) is 10.6. The number of aliphatic hydroxyl groups excluding tert-OH is 1. The van der Waals surface area contributed by atoms with E-state index >= 15 is 0 Å². The molecule has 184 valence electrons. The molecular formula is C28H32ClN3O3. The highest BCUT2D eigenvalue weighted by atomic mass is 35.5. The molecule has 0 bridgehead atoms. The van der Waals surface area contributed by atoms with E-state index in [1.165, 1.54) is 0 Å². The van der Waals surface area contributed by atoms with Gasteiger partial charge >= 0.3 is 0 Å². The van der Waals surface area contributed by atoms with E-state index in [0.29, 0.717) is 23.2 Å². The summed E-state index contributed by atoms with van der Waals surface area (Å²) in [6.45, 7) is -0.309. The molecule has 3 aromatic rings. The number of ketones is 1. The van der Waals surface area contributed by atoms with Gasteiger partial charge in [0.2, 0.25) is 0 Å². The zero-order valence-electron chi connectivity index (χ0n) is 20.2. The van der Waals surface area contributed by atoms with E-state index in [0.717, 1.165) is 66.2 Å². The van der Waals surface area contributed by atoms with Crippen molar-refractivity contribution in [2.45, 2.75) is 57.2 Å². The fourth-order valence-electron chi connectivity index (χ4n) is 5.16. The predicted octanol–water partition coefficient (Wildman–Crippen LogP) is 5.63. The van der Waals surface area contributed by atoms with Crippen molar-refractivity contribution in [2.24, 2.45) is 5.92 Å². The van der Waals surface area contributed by atoms with Crippen LogP contribution in [-0.4, -0.2) is 52.1 Å². The number of phenols is 1. The average molecular weight is 494 g/mol. The summed E-state index contributed by atoms with van der Waals surface area (Å²) in [4.78, 5) is 20.1. The van der Waals surface area contributed by atoms with Gasteiger partial charge in [-0.2, -0.15) is 0 Å². The summed E-state index contributed by atoms with van der Waals surface area (Å²) in [5.74, 6) is 0.170. The lowest BCUT2D eigenvalue weighted by molar-refractivity contribution is 0.0968. The standard InChI is InChI=1S/C28H32ClN3O3/c1-32(2)21-8-6-20(7-9-21)31-26-22-12-17(18-11-19(15-33)28(35)24(29)13-18)5-10-25(22)30-14-23(26)27(34)16-3-4-16/h5,10-14,16,20-21,33,35H,3-4,6-9,15H2,1-2H3,(H,30,31)/t20-,21-. The van der Waals surface area contributed by atoms with Crippen LogP contribution in [0.5, 0.6) is 5.75 Å². The molecule has 2 aliphatic rings. The van der Waals surface area contributed by atoms with Crippen molar-refractivity contribution in [2.75, 3.05) is 19.4 Å². The van der Waals surface area contributed by atoms with E-state index in [2.05, 4.69) is 29.3 Å². The zero-order valence-corrected chi connectivity index (χ0v) is 21.0.